The number of carbonyl (C=O) groups is 1. The predicted molar refractivity (Wildman–Crippen MR) is 81.9 cm³/mol. The van der Waals surface area contributed by atoms with Crippen LogP contribution in [-0.2, 0) is 0 Å². The summed E-state index contributed by atoms with van der Waals surface area (Å²) in [5, 5.41) is 10.7. The van der Waals surface area contributed by atoms with Crippen LogP contribution < -0.4 is 15.4 Å². The van der Waals surface area contributed by atoms with Crippen LogP contribution in [0.3, 0.4) is 0 Å². The van der Waals surface area contributed by atoms with Gasteiger partial charge in [0.2, 0.25) is 0 Å². The molecule has 0 saturated carbocycles. The Kier molecular flexibility index (Phi) is 4.55. The zero-order valence-electron chi connectivity index (χ0n) is 12.2. The normalized spacial score (nSPS) is 19.4. The molecule has 1 aliphatic rings. The fraction of sp³-hybridized carbons (Fsp3) is 0.643. The van der Waals surface area contributed by atoms with Crippen molar-refractivity contribution in [2.75, 3.05) is 30.8 Å². The number of Topliss-reactive ketones (excluding diaryl/α,β-unsaturated/α-hetero) is 1. The molecule has 5 nitrogen and oxygen atoms in total. The SMILES string of the molecule is COc1c(N2CCCC(O)C2)sc(C(=O)C(C)C)c1N. The Balaban J connectivity index is 2.37. The highest BCUT2D eigenvalue weighted by Crippen LogP contribution is 2.46. The van der Waals surface area contributed by atoms with Crippen LogP contribution in [0.2, 0.25) is 0 Å². The van der Waals surface area contributed by atoms with Gasteiger partial charge in [-0.3, -0.25) is 4.79 Å². The summed E-state index contributed by atoms with van der Waals surface area (Å²) in [6.07, 6.45) is 1.41. The molecule has 1 aromatic rings. The molecule has 1 unspecified atom stereocenters. The monoisotopic (exact) mass is 298 g/mol. The van der Waals surface area contributed by atoms with Gasteiger partial charge in [-0.2, -0.15) is 0 Å². The van der Waals surface area contributed by atoms with Crippen LogP contribution in [0.15, 0.2) is 0 Å². The summed E-state index contributed by atoms with van der Waals surface area (Å²) in [5.41, 5.74) is 6.49. The minimum absolute atomic E-state index is 0.0367. The van der Waals surface area contributed by atoms with E-state index in [2.05, 4.69) is 4.90 Å². The molecular weight excluding hydrogens is 276 g/mol. The molecule has 0 aromatic carbocycles. The van der Waals surface area contributed by atoms with Gasteiger partial charge in [-0.25, -0.2) is 0 Å². The van der Waals surface area contributed by atoms with Gasteiger partial charge in [0.25, 0.3) is 0 Å². The molecule has 0 amide bonds. The molecule has 2 rings (SSSR count). The van der Waals surface area contributed by atoms with E-state index in [9.17, 15) is 9.90 Å². The molecular formula is C14H22N2O3S. The molecule has 0 aliphatic carbocycles. The molecule has 20 heavy (non-hydrogen) atoms. The van der Waals surface area contributed by atoms with Crippen molar-refractivity contribution in [2.45, 2.75) is 32.8 Å². The zero-order valence-corrected chi connectivity index (χ0v) is 13.0. The standard InChI is InChI=1S/C14H22N2O3S/c1-8(2)11(18)13-10(15)12(19-3)14(20-13)16-6-4-5-9(17)7-16/h8-9,17H,4-7,15H2,1-3H3. The van der Waals surface area contributed by atoms with Crippen LogP contribution in [0, 0.1) is 5.92 Å². The number of carbonyl (C=O) groups excluding carboxylic acids is 1. The van der Waals surface area contributed by atoms with E-state index < -0.39 is 0 Å². The summed E-state index contributed by atoms with van der Waals surface area (Å²) in [6.45, 7) is 5.13. The van der Waals surface area contributed by atoms with E-state index in [-0.39, 0.29) is 17.8 Å². The number of piperidine rings is 1. The van der Waals surface area contributed by atoms with Crippen molar-refractivity contribution >= 4 is 27.8 Å². The van der Waals surface area contributed by atoms with E-state index in [0.717, 1.165) is 24.4 Å². The highest BCUT2D eigenvalue weighted by atomic mass is 32.1. The minimum atomic E-state index is -0.332. The number of hydrogen-bond acceptors (Lipinski definition) is 6. The Morgan fingerprint density at radius 1 is 1.55 bits per heavy atom. The molecule has 112 valence electrons. The maximum absolute atomic E-state index is 12.2. The second-order valence-corrected chi connectivity index (χ2v) is 6.44. The summed E-state index contributed by atoms with van der Waals surface area (Å²) in [7, 11) is 1.56. The average Bonchev–Trinajstić information content (AvgIpc) is 2.74. The lowest BCUT2D eigenvalue weighted by Gasteiger charge is -2.31. The van der Waals surface area contributed by atoms with Crippen molar-refractivity contribution in [1.82, 2.24) is 0 Å². The molecule has 0 bridgehead atoms. The number of methoxy groups -OCH3 is 1. The number of ether oxygens (including phenoxy) is 1. The molecule has 1 aliphatic heterocycles. The van der Waals surface area contributed by atoms with Crippen molar-refractivity contribution in [3.8, 4) is 5.75 Å². The Morgan fingerprint density at radius 2 is 2.25 bits per heavy atom. The van der Waals surface area contributed by atoms with Crippen molar-refractivity contribution in [2.24, 2.45) is 5.92 Å². The van der Waals surface area contributed by atoms with E-state index in [0.29, 0.717) is 22.9 Å². The van der Waals surface area contributed by atoms with Gasteiger partial charge in [0.15, 0.2) is 11.5 Å². The highest BCUT2D eigenvalue weighted by molar-refractivity contribution is 7.19. The molecule has 0 radical (unpaired) electrons. The van der Waals surface area contributed by atoms with Gasteiger partial charge >= 0.3 is 0 Å². The van der Waals surface area contributed by atoms with Gasteiger partial charge in [0.1, 0.15) is 5.00 Å². The van der Waals surface area contributed by atoms with Gasteiger partial charge < -0.3 is 20.5 Å². The molecule has 1 aromatic heterocycles. The summed E-state index contributed by atoms with van der Waals surface area (Å²) < 4.78 is 5.39. The predicted octanol–water partition coefficient (Wildman–Crippen LogP) is 2.14. The molecule has 1 atom stereocenters. The molecule has 2 heterocycles. The van der Waals surface area contributed by atoms with E-state index >= 15 is 0 Å². The molecule has 6 heteroatoms. The lowest BCUT2D eigenvalue weighted by Crippen LogP contribution is -2.37. The molecule has 3 N–H and O–H groups in total. The Morgan fingerprint density at radius 3 is 2.80 bits per heavy atom. The van der Waals surface area contributed by atoms with Crippen molar-refractivity contribution in [3.05, 3.63) is 4.88 Å². The molecule has 1 saturated heterocycles. The largest absolute Gasteiger partial charge is 0.492 e. The van der Waals surface area contributed by atoms with E-state index in [1.54, 1.807) is 7.11 Å². The van der Waals surface area contributed by atoms with Gasteiger partial charge in [-0.15, -0.1) is 11.3 Å². The highest BCUT2D eigenvalue weighted by Gasteiger charge is 2.28. The second-order valence-electron chi connectivity index (χ2n) is 5.44. The van der Waals surface area contributed by atoms with E-state index in [1.807, 2.05) is 13.8 Å². The lowest BCUT2D eigenvalue weighted by atomic mass is 10.1. The van der Waals surface area contributed by atoms with Gasteiger partial charge in [-0.1, -0.05) is 13.8 Å². The Bertz CT molecular complexity index is 499. The quantitative estimate of drug-likeness (QED) is 0.833. The van der Waals surface area contributed by atoms with Crippen LogP contribution in [0.1, 0.15) is 36.4 Å². The number of aliphatic hydroxyl groups excluding tert-OH is 1. The van der Waals surface area contributed by atoms with Crippen LogP contribution >= 0.6 is 11.3 Å². The first-order valence-electron chi connectivity index (χ1n) is 6.89. The fourth-order valence-corrected chi connectivity index (χ4v) is 3.72. The van der Waals surface area contributed by atoms with Crippen LogP contribution in [0.25, 0.3) is 0 Å². The van der Waals surface area contributed by atoms with Crippen LogP contribution in [0.4, 0.5) is 10.7 Å². The zero-order chi connectivity index (χ0) is 14.9. The van der Waals surface area contributed by atoms with Gasteiger partial charge in [-0.05, 0) is 12.8 Å². The number of ketones is 1. The van der Waals surface area contributed by atoms with Crippen molar-refractivity contribution in [3.63, 3.8) is 0 Å². The first-order chi connectivity index (χ1) is 9.45. The van der Waals surface area contributed by atoms with Crippen LogP contribution in [-0.4, -0.2) is 37.2 Å². The summed E-state index contributed by atoms with van der Waals surface area (Å²) in [5.74, 6) is 0.503. The maximum atomic E-state index is 12.2. The average molecular weight is 298 g/mol. The third-order valence-corrected chi connectivity index (χ3v) is 4.78. The van der Waals surface area contributed by atoms with Crippen molar-refractivity contribution in [1.29, 1.82) is 0 Å². The Hall–Kier alpha value is -1.27. The number of β-amino-alcohol motifs (C(OH)–C–C–N with tert-alkyl or cyclic N) is 1. The summed E-state index contributed by atoms with van der Waals surface area (Å²) in [4.78, 5) is 14.8. The number of hydrogen-bond donors (Lipinski definition) is 2. The first-order valence-corrected chi connectivity index (χ1v) is 7.70. The van der Waals surface area contributed by atoms with Crippen molar-refractivity contribution < 1.29 is 14.6 Å². The third-order valence-electron chi connectivity index (χ3n) is 3.52. The fourth-order valence-electron chi connectivity index (χ4n) is 2.41. The molecule has 0 spiro atoms. The lowest BCUT2D eigenvalue weighted by molar-refractivity contribution is 0.0944. The first kappa shape index (κ1) is 15.1. The summed E-state index contributed by atoms with van der Waals surface area (Å²) in [6, 6.07) is 0. The third kappa shape index (κ3) is 2.76. The topological polar surface area (TPSA) is 75.8 Å². The number of nitrogens with zero attached hydrogens (tertiary/aromatic N) is 1. The van der Waals surface area contributed by atoms with Crippen LogP contribution in [0.5, 0.6) is 5.75 Å². The smallest absolute Gasteiger partial charge is 0.177 e. The van der Waals surface area contributed by atoms with E-state index in [1.165, 1.54) is 11.3 Å². The van der Waals surface area contributed by atoms with E-state index in [4.69, 9.17) is 10.5 Å². The maximum Gasteiger partial charge on any atom is 0.177 e. The number of anilines is 2. The van der Waals surface area contributed by atoms with Gasteiger partial charge in [0.05, 0.1) is 23.8 Å². The number of thiophene rings is 1. The molecule has 1 fully saturated rings. The summed E-state index contributed by atoms with van der Waals surface area (Å²) >= 11 is 1.37. The minimum Gasteiger partial charge on any atom is -0.492 e. The number of rotatable bonds is 4. The number of nitrogens with two attached hydrogens (primary N) is 1. The number of nitrogen functional groups attached to an aromatic ring is 1. The number of aliphatic hydroxyl groups is 1. The van der Waals surface area contributed by atoms with Gasteiger partial charge in [0, 0.05) is 19.0 Å². The second kappa shape index (κ2) is 6.01. The Labute approximate surface area is 123 Å².